The van der Waals surface area contributed by atoms with Gasteiger partial charge in [-0.15, -0.1) is 0 Å². The highest BCUT2D eigenvalue weighted by atomic mass is 16.5. The van der Waals surface area contributed by atoms with Crippen LogP contribution >= 0.6 is 0 Å². The van der Waals surface area contributed by atoms with E-state index in [1.807, 2.05) is 12.3 Å². The zero-order chi connectivity index (χ0) is 22.6. The molecule has 2 N–H and O–H groups in total. The van der Waals surface area contributed by atoms with Crippen molar-refractivity contribution >= 4 is 5.96 Å². The number of nitrogens with one attached hydrogen (secondary N) is 2. The summed E-state index contributed by atoms with van der Waals surface area (Å²) in [6.45, 7) is 11.9. The van der Waals surface area contributed by atoms with E-state index in [4.69, 9.17) is 9.73 Å². The summed E-state index contributed by atoms with van der Waals surface area (Å²) in [4.78, 5) is 11.7. The first-order valence-electron chi connectivity index (χ1n) is 12.0. The van der Waals surface area contributed by atoms with Crippen molar-refractivity contribution in [2.45, 2.75) is 52.6 Å². The van der Waals surface area contributed by atoms with E-state index in [0.29, 0.717) is 12.0 Å². The van der Waals surface area contributed by atoms with Gasteiger partial charge in [-0.1, -0.05) is 32.0 Å². The fourth-order valence-electron chi connectivity index (χ4n) is 3.78. The van der Waals surface area contributed by atoms with Crippen LogP contribution in [0.3, 0.4) is 0 Å². The molecular formula is C26H39N5O. The average molecular weight is 438 g/mol. The van der Waals surface area contributed by atoms with Crippen molar-refractivity contribution in [2.75, 3.05) is 32.8 Å². The van der Waals surface area contributed by atoms with Gasteiger partial charge >= 0.3 is 0 Å². The largest absolute Gasteiger partial charge is 0.493 e. The van der Waals surface area contributed by atoms with Crippen molar-refractivity contribution in [3.8, 4) is 5.75 Å². The molecule has 1 aliphatic rings. The molecule has 174 valence electrons. The van der Waals surface area contributed by atoms with Crippen molar-refractivity contribution in [3.63, 3.8) is 0 Å². The highest BCUT2D eigenvalue weighted by Gasteiger charge is 2.20. The molecule has 2 aromatic rings. The van der Waals surface area contributed by atoms with Crippen molar-refractivity contribution in [1.82, 2.24) is 20.5 Å². The molecule has 1 aromatic heterocycles. The van der Waals surface area contributed by atoms with Gasteiger partial charge in [0.2, 0.25) is 0 Å². The Hall–Kier alpha value is -2.60. The van der Waals surface area contributed by atoms with Gasteiger partial charge in [0.05, 0.1) is 12.3 Å². The third kappa shape index (κ3) is 8.50. The summed E-state index contributed by atoms with van der Waals surface area (Å²) in [6.07, 6.45) is 5.03. The fourth-order valence-corrected chi connectivity index (χ4v) is 3.78. The third-order valence-corrected chi connectivity index (χ3v) is 5.56. The fraction of sp³-hybridized carbons (Fsp3) is 0.538. The minimum Gasteiger partial charge on any atom is -0.493 e. The van der Waals surface area contributed by atoms with E-state index in [1.54, 1.807) is 0 Å². The molecule has 0 bridgehead atoms. The van der Waals surface area contributed by atoms with Crippen LogP contribution in [0.4, 0.5) is 0 Å². The monoisotopic (exact) mass is 437 g/mol. The van der Waals surface area contributed by atoms with Crippen LogP contribution < -0.4 is 15.4 Å². The normalized spacial score (nSPS) is 15.7. The minimum atomic E-state index is 0.463. The number of benzene rings is 1. The molecule has 0 radical (unpaired) electrons. The van der Waals surface area contributed by atoms with Crippen LogP contribution in [0.5, 0.6) is 5.75 Å². The summed E-state index contributed by atoms with van der Waals surface area (Å²) >= 11 is 0. The number of rotatable bonds is 10. The molecule has 1 saturated heterocycles. The lowest BCUT2D eigenvalue weighted by Crippen LogP contribution is -2.48. The van der Waals surface area contributed by atoms with Crippen LogP contribution in [0.2, 0.25) is 0 Å². The van der Waals surface area contributed by atoms with E-state index >= 15 is 0 Å². The smallest absolute Gasteiger partial charge is 0.191 e. The van der Waals surface area contributed by atoms with Crippen LogP contribution in [0.15, 0.2) is 53.7 Å². The first-order chi connectivity index (χ1) is 15.6. The minimum absolute atomic E-state index is 0.463. The molecule has 0 spiro atoms. The van der Waals surface area contributed by atoms with Crippen LogP contribution in [0.1, 0.15) is 44.9 Å². The predicted octanol–water partition coefficient (Wildman–Crippen LogP) is 3.88. The Bertz CT molecular complexity index is 799. The van der Waals surface area contributed by atoms with Gasteiger partial charge in [0.25, 0.3) is 0 Å². The number of hydrogen-bond donors (Lipinski definition) is 2. The van der Waals surface area contributed by atoms with Crippen molar-refractivity contribution in [3.05, 3.63) is 59.9 Å². The lowest BCUT2D eigenvalue weighted by atomic mass is 10.0. The van der Waals surface area contributed by atoms with Crippen LogP contribution in [0, 0.1) is 5.92 Å². The van der Waals surface area contributed by atoms with Crippen molar-refractivity contribution < 1.29 is 4.74 Å². The second-order valence-electron chi connectivity index (χ2n) is 8.88. The number of ether oxygens (including phenoxy) is 1. The zero-order valence-electron chi connectivity index (χ0n) is 19.9. The molecule has 6 heteroatoms. The molecule has 0 saturated carbocycles. The number of aliphatic imine (C=N–C) groups is 1. The van der Waals surface area contributed by atoms with E-state index in [9.17, 15) is 0 Å². The Morgan fingerprint density at radius 2 is 1.94 bits per heavy atom. The van der Waals surface area contributed by atoms with E-state index in [1.165, 1.54) is 5.56 Å². The van der Waals surface area contributed by atoms with Gasteiger partial charge in [-0.2, -0.15) is 0 Å². The second-order valence-corrected chi connectivity index (χ2v) is 8.88. The number of aromatic nitrogens is 1. The van der Waals surface area contributed by atoms with Crippen molar-refractivity contribution in [2.24, 2.45) is 10.9 Å². The Morgan fingerprint density at radius 1 is 1.16 bits per heavy atom. The average Bonchev–Trinajstić information content (AvgIpc) is 2.80. The highest BCUT2D eigenvalue weighted by molar-refractivity contribution is 5.80. The van der Waals surface area contributed by atoms with E-state index in [-0.39, 0.29) is 0 Å². The Labute approximate surface area is 193 Å². The quantitative estimate of drug-likeness (QED) is 0.436. The van der Waals surface area contributed by atoms with Gasteiger partial charge in [-0.3, -0.25) is 14.9 Å². The molecule has 0 atom stereocenters. The summed E-state index contributed by atoms with van der Waals surface area (Å²) in [5.41, 5.74) is 2.43. The van der Waals surface area contributed by atoms with Crippen LogP contribution in [-0.2, 0) is 13.0 Å². The Morgan fingerprint density at radius 3 is 2.59 bits per heavy atom. The molecule has 1 aromatic carbocycles. The predicted molar refractivity (Wildman–Crippen MR) is 132 cm³/mol. The number of likely N-dealkylation sites (tertiary alicyclic amines) is 1. The number of hydrogen-bond acceptors (Lipinski definition) is 4. The molecule has 0 unspecified atom stereocenters. The lowest BCUT2D eigenvalue weighted by molar-refractivity contribution is 0.196. The molecule has 32 heavy (non-hydrogen) atoms. The van der Waals surface area contributed by atoms with Gasteiger partial charge in [0.1, 0.15) is 5.75 Å². The van der Waals surface area contributed by atoms with Crippen molar-refractivity contribution in [1.29, 1.82) is 0 Å². The molecule has 1 aliphatic heterocycles. The van der Waals surface area contributed by atoms with E-state index in [0.717, 1.165) is 76.0 Å². The molecule has 2 heterocycles. The second kappa shape index (κ2) is 13.1. The zero-order valence-corrected chi connectivity index (χ0v) is 19.9. The molecule has 3 rings (SSSR count). The molecular weight excluding hydrogens is 398 g/mol. The van der Waals surface area contributed by atoms with E-state index in [2.05, 4.69) is 77.7 Å². The molecule has 0 amide bonds. The number of piperidine rings is 1. The number of guanidine groups is 1. The van der Waals surface area contributed by atoms with E-state index < -0.39 is 0 Å². The Balaban J connectivity index is 1.42. The van der Waals surface area contributed by atoms with Crippen LogP contribution in [0.25, 0.3) is 0 Å². The van der Waals surface area contributed by atoms with Gasteiger partial charge in [0, 0.05) is 45.0 Å². The number of pyridine rings is 1. The first kappa shape index (κ1) is 24.1. The standard InChI is InChI=1S/C26H39N5O/c1-4-27-26(29-16-12-22-8-10-25(11-9-22)32-20-21(2)3)30-23-13-17-31(18-14-23)19-24-7-5-6-15-28-24/h5-11,15,21,23H,4,12-14,16-20H2,1-3H3,(H2,27,29,30). The summed E-state index contributed by atoms with van der Waals surface area (Å²) in [5, 5.41) is 7.04. The van der Waals surface area contributed by atoms with Gasteiger partial charge in [0.15, 0.2) is 5.96 Å². The first-order valence-corrected chi connectivity index (χ1v) is 12.0. The van der Waals surface area contributed by atoms with Crippen LogP contribution in [-0.4, -0.2) is 54.7 Å². The lowest BCUT2D eigenvalue weighted by Gasteiger charge is -2.32. The number of nitrogens with zero attached hydrogens (tertiary/aromatic N) is 3. The van der Waals surface area contributed by atoms with Gasteiger partial charge in [-0.05, 0) is 61.9 Å². The molecule has 6 nitrogen and oxygen atoms in total. The molecule has 0 aliphatic carbocycles. The summed E-state index contributed by atoms with van der Waals surface area (Å²) in [6, 6.07) is 15.0. The summed E-state index contributed by atoms with van der Waals surface area (Å²) in [5.74, 6) is 2.40. The maximum Gasteiger partial charge on any atom is 0.191 e. The van der Waals surface area contributed by atoms with Gasteiger partial charge < -0.3 is 15.4 Å². The van der Waals surface area contributed by atoms with Gasteiger partial charge in [-0.25, -0.2) is 0 Å². The Kier molecular flexibility index (Phi) is 9.82. The third-order valence-electron chi connectivity index (χ3n) is 5.56. The molecule has 1 fully saturated rings. The topological polar surface area (TPSA) is 61.8 Å². The maximum absolute atomic E-state index is 5.77. The highest BCUT2D eigenvalue weighted by Crippen LogP contribution is 2.14. The summed E-state index contributed by atoms with van der Waals surface area (Å²) in [7, 11) is 0. The SMILES string of the molecule is CCNC(=NCCc1ccc(OCC(C)C)cc1)NC1CCN(Cc2ccccn2)CC1. The maximum atomic E-state index is 5.77. The summed E-state index contributed by atoms with van der Waals surface area (Å²) < 4.78 is 5.77.